The first-order valence-corrected chi connectivity index (χ1v) is 9.26. The fraction of sp³-hybridized carbons (Fsp3) is 0.222. The number of aromatic nitrogens is 8. The van der Waals surface area contributed by atoms with E-state index >= 15 is 0 Å². The van der Waals surface area contributed by atoms with Gasteiger partial charge in [-0.2, -0.15) is 13.2 Å². The molecular formula is C18H12ClF3N8. The third-order valence-corrected chi connectivity index (χ3v) is 5.25. The molecule has 1 aliphatic rings. The third-order valence-electron chi connectivity index (χ3n) is 4.84. The van der Waals surface area contributed by atoms with E-state index in [9.17, 15) is 13.2 Å². The van der Waals surface area contributed by atoms with Crippen LogP contribution in [0.15, 0.2) is 36.7 Å². The summed E-state index contributed by atoms with van der Waals surface area (Å²) in [6.07, 6.45) is -1.37. The molecule has 0 spiro atoms. The maximum atomic E-state index is 13.3. The predicted molar refractivity (Wildman–Crippen MR) is 100 cm³/mol. The Morgan fingerprint density at radius 3 is 2.33 bits per heavy atom. The number of fused-ring (bicyclic) bond motifs is 3. The van der Waals surface area contributed by atoms with E-state index < -0.39 is 16.8 Å². The normalized spacial score (nSPS) is 15.7. The zero-order valence-electron chi connectivity index (χ0n) is 15.3. The molecule has 12 heteroatoms. The minimum absolute atomic E-state index is 0.150. The number of hydrogen-bond acceptors (Lipinski definition) is 6. The molecule has 0 saturated carbocycles. The minimum Gasteiger partial charge on any atom is -0.300 e. The van der Waals surface area contributed by atoms with Crippen molar-refractivity contribution >= 4 is 11.6 Å². The molecule has 3 aromatic heterocycles. The lowest BCUT2D eigenvalue weighted by Crippen LogP contribution is -2.22. The standard InChI is InChI=1S/C18H12ClF3N8/c1-9-8-29-15(13-23-6-3-7-24-13)26-27-16(29)17-28-25-14(30(9)17)10-4-2-5-11(12(10)19)18(20,21)22/h2-7,9H,8H2,1H3. The summed E-state index contributed by atoms with van der Waals surface area (Å²) in [5.74, 6) is 1.94. The summed E-state index contributed by atoms with van der Waals surface area (Å²) in [5, 5.41) is 16.3. The maximum Gasteiger partial charge on any atom is 0.417 e. The van der Waals surface area contributed by atoms with Crippen molar-refractivity contribution in [1.29, 1.82) is 0 Å². The number of benzene rings is 1. The van der Waals surface area contributed by atoms with Crippen LogP contribution in [0.5, 0.6) is 0 Å². The van der Waals surface area contributed by atoms with Crippen LogP contribution in [0.1, 0.15) is 18.5 Å². The molecule has 1 unspecified atom stereocenters. The predicted octanol–water partition coefficient (Wildman–Crippen LogP) is 3.91. The van der Waals surface area contributed by atoms with Gasteiger partial charge >= 0.3 is 6.18 Å². The lowest BCUT2D eigenvalue weighted by atomic mass is 10.1. The van der Waals surface area contributed by atoms with Gasteiger partial charge in [-0.25, -0.2) is 9.97 Å². The van der Waals surface area contributed by atoms with Gasteiger partial charge in [0.2, 0.25) is 17.5 Å². The van der Waals surface area contributed by atoms with Crippen molar-refractivity contribution in [1.82, 2.24) is 39.5 Å². The van der Waals surface area contributed by atoms with Crippen molar-refractivity contribution in [2.45, 2.75) is 25.7 Å². The van der Waals surface area contributed by atoms with Crippen LogP contribution in [-0.4, -0.2) is 39.5 Å². The van der Waals surface area contributed by atoms with Crippen LogP contribution in [0, 0.1) is 0 Å². The van der Waals surface area contributed by atoms with Crippen molar-refractivity contribution in [2.75, 3.05) is 0 Å². The van der Waals surface area contributed by atoms with Crippen molar-refractivity contribution in [3.8, 4) is 34.7 Å². The molecule has 0 fully saturated rings. The van der Waals surface area contributed by atoms with Crippen molar-refractivity contribution in [3.63, 3.8) is 0 Å². The molecule has 1 aliphatic heterocycles. The molecule has 152 valence electrons. The smallest absolute Gasteiger partial charge is 0.300 e. The Kier molecular flexibility index (Phi) is 4.10. The van der Waals surface area contributed by atoms with Crippen molar-refractivity contribution in [3.05, 3.63) is 47.2 Å². The molecule has 0 bridgehead atoms. The summed E-state index contributed by atoms with van der Waals surface area (Å²) < 4.78 is 43.4. The van der Waals surface area contributed by atoms with Gasteiger partial charge in [-0.05, 0) is 25.1 Å². The highest BCUT2D eigenvalue weighted by atomic mass is 35.5. The Labute approximate surface area is 172 Å². The molecule has 0 N–H and O–H groups in total. The van der Waals surface area contributed by atoms with Gasteiger partial charge in [-0.1, -0.05) is 17.7 Å². The van der Waals surface area contributed by atoms with Crippen LogP contribution < -0.4 is 0 Å². The Bertz CT molecular complexity index is 1250. The highest BCUT2D eigenvalue weighted by Crippen LogP contribution is 2.41. The highest BCUT2D eigenvalue weighted by molar-refractivity contribution is 6.34. The van der Waals surface area contributed by atoms with Crippen LogP contribution in [-0.2, 0) is 12.7 Å². The molecule has 5 rings (SSSR count). The van der Waals surface area contributed by atoms with E-state index in [1.807, 2.05) is 11.5 Å². The largest absolute Gasteiger partial charge is 0.417 e. The second-order valence-corrected chi connectivity index (χ2v) is 7.14. The second kappa shape index (κ2) is 6.59. The van der Waals surface area contributed by atoms with E-state index in [1.54, 1.807) is 23.0 Å². The van der Waals surface area contributed by atoms with Crippen molar-refractivity contribution < 1.29 is 13.2 Å². The van der Waals surface area contributed by atoms with Gasteiger partial charge in [0.15, 0.2) is 11.6 Å². The van der Waals surface area contributed by atoms with Crippen LogP contribution in [0.4, 0.5) is 13.2 Å². The zero-order chi connectivity index (χ0) is 21.0. The van der Waals surface area contributed by atoms with Gasteiger partial charge in [0.1, 0.15) is 0 Å². The van der Waals surface area contributed by atoms with E-state index in [1.165, 1.54) is 12.1 Å². The molecule has 0 aliphatic carbocycles. The van der Waals surface area contributed by atoms with Crippen LogP contribution >= 0.6 is 11.6 Å². The number of alkyl halides is 3. The van der Waals surface area contributed by atoms with Crippen molar-refractivity contribution in [2.24, 2.45) is 0 Å². The monoisotopic (exact) mass is 432 g/mol. The Balaban J connectivity index is 1.66. The van der Waals surface area contributed by atoms with Gasteiger partial charge in [0.25, 0.3) is 0 Å². The maximum absolute atomic E-state index is 13.3. The molecule has 4 heterocycles. The van der Waals surface area contributed by atoms with E-state index in [0.717, 1.165) is 6.07 Å². The average molecular weight is 433 g/mol. The molecule has 30 heavy (non-hydrogen) atoms. The SMILES string of the molecule is CC1Cn2c(-c3ncccn3)nnc2-c2nnc(-c3cccc(C(F)(F)F)c3Cl)n21. The van der Waals surface area contributed by atoms with Gasteiger partial charge in [0.05, 0.1) is 16.6 Å². The summed E-state index contributed by atoms with van der Waals surface area (Å²) >= 11 is 6.11. The topological polar surface area (TPSA) is 87.2 Å². The lowest BCUT2D eigenvalue weighted by Gasteiger charge is -2.25. The summed E-state index contributed by atoms with van der Waals surface area (Å²) in [4.78, 5) is 8.41. The number of rotatable bonds is 2. The van der Waals surface area contributed by atoms with Gasteiger partial charge in [-0.15, -0.1) is 20.4 Å². The molecular weight excluding hydrogens is 421 g/mol. The number of hydrogen-bond donors (Lipinski definition) is 0. The quantitative estimate of drug-likeness (QED) is 0.477. The van der Waals surface area contributed by atoms with Gasteiger partial charge in [-0.3, -0.25) is 9.13 Å². The first-order chi connectivity index (χ1) is 14.4. The van der Waals surface area contributed by atoms with E-state index in [4.69, 9.17) is 11.6 Å². The molecule has 0 radical (unpaired) electrons. The first kappa shape index (κ1) is 18.7. The first-order valence-electron chi connectivity index (χ1n) is 8.88. The molecule has 1 aromatic carbocycles. The third kappa shape index (κ3) is 2.76. The van der Waals surface area contributed by atoms with Gasteiger partial charge < -0.3 is 0 Å². The number of nitrogens with zero attached hydrogens (tertiary/aromatic N) is 8. The Morgan fingerprint density at radius 2 is 1.60 bits per heavy atom. The molecule has 4 aromatic rings. The zero-order valence-corrected chi connectivity index (χ0v) is 16.1. The average Bonchev–Trinajstić information content (AvgIpc) is 3.32. The minimum atomic E-state index is -4.58. The number of halogens is 4. The molecule has 8 nitrogen and oxygen atoms in total. The molecule has 0 amide bonds. The van der Waals surface area contributed by atoms with E-state index in [-0.39, 0.29) is 17.4 Å². The van der Waals surface area contributed by atoms with Crippen LogP contribution in [0.25, 0.3) is 34.7 Å². The fourth-order valence-corrected chi connectivity index (χ4v) is 3.85. The summed E-state index contributed by atoms with van der Waals surface area (Å²) in [6.45, 7) is 2.33. The summed E-state index contributed by atoms with van der Waals surface area (Å²) in [6, 6.07) is 5.21. The second-order valence-electron chi connectivity index (χ2n) is 6.76. The van der Waals surface area contributed by atoms with Crippen LogP contribution in [0.2, 0.25) is 5.02 Å². The van der Waals surface area contributed by atoms with E-state index in [0.29, 0.717) is 29.8 Å². The Morgan fingerprint density at radius 1 is 0.933 bits per heavy atom. The van der Waals surface area contributed by atoms with E-state index in [2.05, 4.69) is 30.4 Å². The van der Waals surface area contributed by atoms with Crippen LogP contribution in [0.3, 0.4) is 0 Å². The molecule has 0 saturated heterocycles. The molecule has 1 atom stereocenters. The summed E-state index contributed by atoms with van der Waals surface area (Å²) in [7, 11) is 0. The fourth-order valence-electron chi connectivity index (χ4n) is 3.54. The van der Waals surface area contributed by atoms with Gasteiger partial charge in [0, 0.05) is 24.5 Å². The summed E-state index contributed by atoms with van der Waals surface area (Å²) in [5.41, 5.74) is -0.772. The highest BCUT2D eigenvalue weighted by Gasteiger charge is 2.36. The lowest BCUT2D eigenvalue weighted by molar-refractivity contribution is -0.137. The Hall–Kier alpha value is -3.34.